The molecular weight excluding hydrogens is 284 g/mol. The molecule has 22 heavy (non-hydrogen) atoms. The van der Waals surface area contributed by atoms with Crippen molar-refractivity contribution in [1.29, 1.82) is 0 Å². The number of carboxylic acid groups (broad SMARTS) is 1. The molecule has 2 atom stereocenters. The predicted octanol–water partition coefficient (Wildman–Crippen LogP) is 1.49. The van der Waals surface area contributed by atoms with Crippen molar-refractivity contribution in [3.05, 3.63) is 0 Å². The molecule has 6 heteroatoms. The van der Waals surface area contributed by atoms with Gasteiger partial charge in [-0.2, -0.15) is 0 Å². The lowest BCUT2D eigenvalue weighted by molar-refractivity contribution is -0.153. The van der Waals surface area contributed by atoms with Gasteiger partial charge in [-0.25, -0.2) is 4.79 Å². The van der Waals surface area contributed by atoms with Crippen LogP contribution in [0.1, 0.15) is 52.4 Å². The van der Waals surface area contributed by atoms with E-state index >= 15 is 0 Å². The zero-order valence-corrected chi connectivity index (χ0v) is 13.5. The Morgan fingerprint density at radius 3 is 2.50 bits per heavy atom. The Morgan fingerprint density at radius 2 is 1.95 bits per heavy atom. The minimum Gasteiger partial charge on any atom is -0.480 e. The fraction of sp³-hybridized carbons (Fsp3) is 0.812. The van der Waals surface area contributed by atoms with Gasteiger partial charge in [-0.3, -0.25) is 9.59 Å². The Labute approximate surface area is 131 Å². The Morgan fingerprint density at radius 1 is 1.27 bits per heavy atom. The van der Waals surface area contributed by atoms with Crippen LogP contribution in [0.3, 0.4) is 0 Å². The largest absolute Gasteiger partial charge is 0.480 e. The molecule has 2 aliphatic rings. The predicted molar refractivity (Wildman–Crippen MR) is 81.2 cm³/mol. The molecule has 0 radical (unpaired) electrons. The summed E-state index contributed by atoms with van der Waals surface area (Å²) in [6.45, 7) is 4.68. The molecule has 0 bridgehead atoms. The lowest BCUT2D eigenvalue weighted by atomic mass is 9.95. The molecule has 124 valence electrons. The van der Waals surface area contributed by atoms with Crippen LogP contribution in [-0.2, 0) is 14.4 Å². The SMILES string of the molecule is CCCC(=O)N1CCCC(C(=O)N(C2CC2)C(C)C(=O)O)C1. The van der Waals surface area contributed by atoms with E-state index in [0.29, 0.717) is 19.5 Å². The minimum absolute atomic E-state index is 0.0697. The number of carboxylic acids is 1. The summed E-state index contributed by atoms with van der Waals surface area (Å²) < 4.78 is 0. The van der Waals surface area contributed by atoms with Gasteiger partial charge in [0.15, 0.2) is 0 Å². The molecule has 2 fully saturated rings. The highest BCUT2D eigenvalue weighted by molar-refractivity contribution is 5.86. The van der Waals surface area contributed by atoms with E-state index in [-0.39, 0.29) is 23.8 Å². The summed E-state index contributed by atoms with van der Waals surface area (Å²) in [6, 6.07) is -0.720. The van der Waals surface area contributed by atoms with Crippen LogP contribution in [0, 0.1) is 5.92 Å². The van der Waals surface area contributed by atoms with Crippen LogP contribution in [0.4, 0.5) is 0 Å². The molecule has 6 nitrogen and oxygen atoms in total. The topological polar surface area (TPSA) is 77.9 Å². The lowest BCUT2D eigenvalue weighted by Crippen LogP contribution is -2.51. The van der Waals surface area contributed by atoms with E-state index < -0.39 is 12.0 Å². The Kier molecular flexibility index (Phi) is 5.42. The average molecular weight is 310 g/mol. The normalized spacial score (nSPS) is 23.0. The van der Waals surface area contributed by atoms with E-state index in [1.54, 1.807) is 16.7 Å². The molecule has 1 heterocycles. The number of piperidine rings is 1. The number of hydrogen-bond donors (Lipinski definition) is 1. The van der Waals surface area contributed by atoms with Gasteiger partial charge in [0, 0.05) is 25.6 Å². The number of likely N-dealkylation sites (tertiary alicyclic amines) is 1. The van der Waals surface area contributed by atoms with Crippen LogP contribution in [0.2, 0.25) is 0 Å². The molecule has 2 rings (SSSR count). The van der Waals surface area contributed by atoms with Crippen molar-refractivity contribution in [1.82, 2.24) is 9.80 Å². The van der Waals surface area contributed by atoms with Crippen molar-refractivity contribution in [2.75, 3.05) is 13.1 Å². The summed E-state index contributed by atoms with van der Waals surface area (Å²) in [6.07, 6.45) is 4.64. The van der Waals surface area contributed by atoms with Crippen LogP contribution in [0.15, 0.2) is 0 Å². The number of hydrogen-bond acceptors (Lipinski definition) is 3. The third kappa shape index (κ3) is 3.78. The summed E-state index contributed by atoms with van der Waals surface area (Å²) in [5.41, 5.74) is 0. The van der Waals surface area contributed by atoms with Crippen molar-refractivity contribution in [3.63, 3.8) is 0 Å². The minimum atomic E-state index is -0.963. The maximum Gasteiger partial charge on any atom is 0.326 e. The van der Waals surface area contributed by atoms with Gasteiger partial charge < -0.3 is 14.9 Å². The van der Waals surface area contributed by atoms with Gasteiger partial charge in [-0.15, -0.1) is 0 Å². The van der Waals surface area contributed by atoms with Crippen molar-refractivity contribution in [2.45, 2.75) is 64.5 Å². The Hall–Kier alpha value is -1.59. The molecule has 2 unspecified atom stereocenters. The van der Waals surface area contributed by atoms with E-state index in [1.165, 1.54) is 0 Å². The maximum absolute atomic E-state index is 12.8. The molecule has 0 aromatic heterocycles. The number of nitrogens with zero attached hydrogens (tertiary/aromatic N) is 2. The first-order valence-electron chi connectivity index (χ1n) is 8.28. The van der Waals surface area contributed by atoms with E-state index in [9.17, 15) is 19.5 Å². The highest BCUT2D eigenvalue weighted by Crippen LogP contribution is 2.32. The number of aliphatic carboxylic acids is 1. The second kappa shape index (κ2) is 7.11. The average Bonchev–Trinajstić information content (AvgIpc) is 3.32. The molecule has 0 aromatic rings. The summed E-state index contributed by atoms with van der Waals surface area (Å²) in [5, 5.41) is 9.23. The van der Waals surface area contributed by atoms with Crippen LogP contribution >= 0.6 is 0 Å². The summed E-state index contributed by atoms with van der Waals surface area (Å²) >= 11 is 0. The number of amides is 2. The number of rotatable bonds is 6. The second-order valence-corrected chi connectivity index (χ2v) is 6.42. The third-order valence-corrected chi connectivity index (χ3v) is 4.56. The highest BCUT2D eigenvalue weighted by Gasteiger charge is 2.42. The van der Waals surface area contributed by atoms with Gasteiger partial charge in [0.25, 0.3) is 0 Å². The fourth-order valence-corrected chi connectivity index (χ4v) is 3.15. The highest BCUT2D eigenvalue weighted by atomic mass is 16.4. The molecule has 1 N–H and O–H groups in total. The summed E-state index contributed by atoms with van der Waals surface area (Å²) in [5.74, 6) is -1.21. The molecule has 1 saturated carbocycles. The lowest BCUT2D eigenvalue weighted by Gasteiger charge is -2.36. The number of carbonyl (C=O) groups excluding carboxylic acids is 2. The van der Waals surface area contributed by atoms with Crippen LogP contribution in [0.25, 0.3) is 0 Å². The summed E-state index contributed by atoms with van der Waals surface area (Å²) in [7, 11) is 0. The monoisotopic (exact) mass is 310 g/mol. The molecule has 1 aliphatic carbocycles. The van der Waals surface area contributed by atoms with Gasteiger partial charge in [-0.1, -0.05) is 6.92 Å². The van der Waals surface area contributed by atoms with E-state index in [4.69, 9.17) is 0 Å². The van der Waals surface area contributed by atoms with E-state index in [2.05, 4.69) is 0 Å². The molecule has 0 spiro atoms. The molecule has 2 amide bonds. The molecule has 1 aliphatic heterocycles. The summed E-state index contributed by atoms with van der Waals surface area (Å²) in [4.78, 5) is 39.4. The van der Waals surface area contributed by atoms with Crippen molar-refractivity contribution < 1.29 is 19.5 Å². The number of carbonyl (C=O) groups is 3. The molecule has 0 aromatic carbocycles. The molecule has 1 saturated heterocycles. The van der Waals surface area contributed by atoms with E-state index in [0.717, 1.165) is 32.1 Å². The van der Waals surface area contributed by atoms with Crippen molar-refractivity contribution in [2.24, 2.45) is 5.92 Å². The van der Waals surface area contributed by atoms with Gasteiger partial charge in [-0.05, 0) is 39.0 Å². The van der Waals surface area contributed by atoms with E-state index in [1.807, 2.05) is 6.92 Å². The van der Waals surface area contributed by atoms with Gasteiger partial charge in [0.1, 0.15) is 6.04 Å². The van der Waals surface area contributed by atoms with Gasteiger partial charge in [0.2, 0.25) is 11.8 Å². The van der Waals surface area contributed by atoms with Crippen LogP contribution < -0.4 is 0 Å². The van der Waals surface area contributed by atoms with Crippen LogP contribution in [-0.4, -0.2) is 57.9 Å². The standard InChI is InChI=1S/C16H26N2O4/c1-3-5-14(19)17-9-4-6-12(10-17)15(20)18(13-7-8-13)11(2)16(21)22/h11-13H,3-10H2,1-2H3,(H,21,22). The first kappa shape index (κ1) is 16.8. The molecular formula is C16H26N2O4. The fourth-order valence-electron chi connectivity index (χ4n) is 3.15. The first-order chi connectivity index (χ1) is 10.5. The Bertz CT molecular complexity index is 447. The zero-order valence-electron chi connectivity index (χ0n) is 13.5. The second-order valence-electron chi connectivity index (χ2n) is 6.42. The smallest absolute Gasteiger partial charge is 0.326 e. The van der Waals surface area contributed by atoms with Crippen LogP contribution in [0.5, 0.6) is 0 Å². The first-order valence-corrected chi connectivity index (χ1v) is 8.28. The van der Waals surface area contributed by atoms with Gasteiger partial charge >= 0.3 is 5.97 Å². The van der Waals surface area contributed by atoms with Gasteiger partial charge in [0.05, 0.1) is 5.92 Å². The maximum atomic E-state index is 12.8. The quantitative estimate of drug-likeness (QED) is 0.806. The van der Waals surface area contributed by atoms with Crippen molar-refractivity contribution >= 4 is 17.8 Å². The van der Waals surface area contributed by atoms with Crippen molar-refractivity contribution in [3.8, 4) is 0 Å². The third-order valence-electron chi connectivity index (χ3n) is 4.56. The Balaban J connectivity index is 2.03. The zero-order chi connectivity index (χ0) is 16.3.